The molecule has 2 aliphatic rings. The summed E-state index contributed by atoms with van der Waals surface area (Å²) in [6.45, 7) is 3.67. The fourth-order valence-corrected chi connectivity index (χ4v) is 3.66. The summed E-state index contributed by atoms with van der Waals surface area (Å²) >= 11 is 0. The fraction of sp³-hybridized carbons (Fsp3) is 0.550. The Balaban J connectivity index is 1.49. The summed E-state index contributed by atoms with van der Waals surface area (Å²) in [4.78, 5) is 39.8. The van der Waals surface area contributed by atoms with Gasteiger partial charge in [0.1, 0.15) is 5.75 Å². The standard InChI is InChI=1S/C20H27N3O4/c1-20(8-6-17(24)21-20)9-7-18(25)23-11-10-22(19(26)14-23)13-15-4-3-5-16(12-15)27-2/h3-5,12H,6-11,13-14H2,1-2H3,(H,21,24). The Morgan fingerprint density at radius 2 is 2.11 bits per heavy atom. The topological polar surface area (TPSA) is 79.0 Å². The highest BCUT2D eigenvalue weighted by atomic mass is 16.5. The van der Waals surface area contributed by atoms with Gasteiger partial charge in [0.15, 0.2) is 0 Å². The van der Waals surface area contributed by atoms with E-state index in [-0.39, 0.29) is 29.8 Å². The molecule has 1 atom stereocenters. The fourth-order valence-electron chi connectivity index (χ4n) is 3.66. The molecule has 0 aliphatic carbocycles. The van der Waals surface area contributed by atoms with Gasteiger partial charge < -0.3 is 19.9 Å². The van der Waals surface area contributed by atoms with Crippen LogP contribution >= 0.6 is 0 Å². The zero-order chi connectivity index (χ0) is 19.4. The van der Waals surface area contributed by atoms with Gasteiger partial charge in [-0.1, -0.05) is 12.1 Å². The van der Waals surface area contributed by atoms with Gasteiger partial charge in [0, 0.05) is 38.0 Å². The van der Waals surface area contributed by atoms with E-state index in [9.17, 15) is 14.4 Å². The van der Waals surface area contributed by atoms with Crippen LogP contribution in [0.15, 0.2) is 24.3 Å². The van der Waals surface area contributed by atoms with Gasteiger partial charge in [-0.05, 0) is 37.5 Å². The minimum atomic E-state index is -0.301. The predicted octanol–water partition coefficient (Wildman–Crippen LogP) is 1.31. The van der Waals surface area contributed by atoms with Gasteiger partial charge in [-0.3, -0.25) is 14.4 Å². The quantitative estimate of drug-likeness (QED) is 0.816. The van der Waals surface area contributed by atoms with Crippen molar-refractivity contribution in [3.8, 4) is 5.75 Å². The van der Waals surface area contributed by atoms with Crippen molar-refractivity contribution in [2.24, 2.45) is 0 Å². The molecule has 0 radical (unpaired) electrons. The van der Waals surface area contributed by atoms with Crippen molar-refractivity contribution in [1.29, 1.82) is 0 Å². The molecule has 3 amide bonds. The monoisotopic (exact) mass is 373 g/mol. The minimum absolute atomic E-state index is 0.0215. The van der Waals surface area contributed by atoms with Crippen LogP contribution in [0.4, 0.5) is 0 Å². The molecule has 27 heavy (non-hydrogen) atoms. The second-order valence-corrected chi connectivity index (χ2v) is 7.59. The average molecular weight is 373 g/mol. The van der Waals surface area contributed by atoms with E-state index in [0.29, 0.717) is 38.9 Å². The Morgan fingerprint density at radius 3 is 2.78 bits per heavy atom. The largest absolute Gasteiger partial charge is 0.497 e. The first kappa shape index (κ1) is 19.2. The average Bonchev–Trinajstić information content (AvgIpc) is 3.01. The second-order valence-electron chi connectivity index (χ2n) is 7.59. The van der Waals surface area contributed by atoms with Crippen LogP contribution in [0.3, 0.4) is 0 Å². The molecular weight excluding hydrogens is 346 g/mol. The lowest BCUT2D eigenvalue weighted by atomic mass is 9.94. The van der Waals surface area contributed by atoms with Crippen molar-refractivity contribution < 1.29 is 19.1 Å². The summed E-state index contributed by atoms with van der Waals surface area (Å²) in [6.07, 6.45) is 2.23. The van der Waals surface area contributed by atoms with E-state index >= 15 is 0 Å². The number of nitrogens with one attached hydrogen (secondary N) is 1. The van der Waals surface area contributed by atoms with Crippen LogP contribution in [-0.2, 0) is 20.9 Å². The molecule has 0 aromatic heterocycles. The maximum absolute atomic E-state index is 12.5. The Bertz CT molecular complexity index is 736. The van der Waals surface area contributed by atoms with Crippen LogP contribution in [0.25, 0.3) is 0 Å². The van der Waals surface area contributed by atoms with Crippen molar-refractivity contribution >= 4 is 17.7 Å². The van der Waals surface area contributed by atoms with Crippen molar-refractivity contribution in [1.82, 2.24) is 15.1 Å². The van der Waals surface area contributed by atoms with Gasteiger partial charge in [0.25, 0.3) is 0 Å². The van der Waals surface area contributed by atoms with E-state index in [1.54, 1.807) is 16.9 Å². The first-order chi connectivity index (χ1) is 12.9. The van der Waals surface area contributed by atoms with E-state index < -0.39 is 0 Å². The number of hydrogen-bond acceptors (Lipinski definition) is 4. The highest BCUT2D eigenvalue weighted by Gasteiger charge is 2.34. The molecular formula is C20H27N3O4. The summed E-state index contributed by atoms with van der Waals surface area (Å²) in [6, 6.07) is 7.65. The maximum Gasteiger partial charge on any atom is 0.242 e. The molecule has 1 unspecified atom stereocenters. The lowest BCUT2D eigenvalue weighted by Gasteiger charge is -2.35. The Kier molecular flexibility index (Phi) is 5.68. The summed E-state index contributed by atoms with van der Waals surface area (Å²) in [5.41, 5.74) is 0.706. The van der Waals surface area contributed by atoms with Gasteiger partial charge in [0.05, 0.1) is 13.7 Å². The molecule has 0 saturated carbocycles. The third-order valence-corrected chi connectivity index (χ3v) is 5.41. The molecule has 2 aliphatic heterocycles. The van der Waals surface area contributed by atoms with E-state index in [0.717, 1.165) is 17.7 Å². The molecule has 2 fully saturated rings. The number of piperazine rings is 1. The minimum Gasteiger partial charge on any atom is -0.497 e. The highest BCUT2D eigenvalue weighted by molar-refractivity contribution is 5.86. The summed E-state index contributed by atoms with van der Waals surface area (Å²) in [5, 5.41) is 2.95. The van der Waals surface area contributed by atoms with Crippen LogP contribution in [0.1, 0.15) is 38.2 Å². The molecule has 3 rings (SSSR count). The molecule has 7 nitrogen and oxygen atoms in total. The number of amides is 3. The summed E-state index contributed by atoms with van der Waals surface area (Å²) in [7, 11) is 1.62. The van der Waals surface area contributed by atoms with E-state index in [1.165, 1.54) is 0 Å². The molecule has 146 valence electrons. The van der Waals surface area contributed by atoms with E-state index in [2.05, 4.69) is 5.32 Å². The van der Waals surface area contributed by atoms with Crippen molar-refractivity contribution in [3.05, 3.63) is 29.8 Å². The Morgan fingerprint density at radius 1 is 1.30 bits per heavy atom. The van der Waals surface area contributed by atoms with Gasteiger partial charge in [-0.25, -0.2) is 0 Å². The number of benzene rings is 1. The summed E-state index contributed by atoms with van der Waals surface area (Å²) < 4.78 is 5.22. The predicted molar refractivity (Wildman–Crippen MR) is 100 cm³/mol. The zero-order valence-corrected chi connectivity index (χ0v) is 16.0. The van der Waals surface area contributed by atoms with Gasteiger partial charge in [0.2, 0.25) is 17.7 Å². The van der Waals surface area contributed by atoms with Crippen molar-refractivity contribution in [2.45, 2.75) is 44.7 Å². The SMILES string of the molecule is COc1cccc(CN2CCN(C(=O)CCC3(C)CCC(=O)N3)CC2=O)c1. The molecule has 7 heteroatoms. The van der Waals surface area contributed by atoms with Crippen LogP contribution < -0.4 is 10.1 Å². The van der Waals surface area contributed by atoms with E-state index in [4.69, 9.17) is 4.74 Å². The maximum atomic E-state index is 12.5. The van der Waals surface area contributed by atoms with Gasteiger partial charge in [-0.2, -0.15) is 0 Å². The highest BCUT2D eigenvalue weighted by Crippen LogP contribution is 2.25. The Hall–Kier alpha value is -2.57. The van der Waals surface area contributed by atoms with Gasteiger partial charge in [-0.15, -0.1) is 0 Å². The first-order valence-electron chi connectivity index (χ1n) is 9.38. The third kappa shape index (κ3) is 4.78. The lowest BCUT2D eigenvalue weighted by molar-refractivity contribution is -0.145. The zero-order valence-electron chi connectivity index (χ0n) is 16.0. The van der Waals surface area contributed by atoms with Crippen LogP contribution in [0, 0.1) is 0 Å². The van der Waals surface area contributed by atoms with Gasteiger partial charge >= 0.3 is 0 Å². The summed E-state index contributed by atoms with van der Waals surface area (Å²) in [5.74, 6) is 0.747. The number of methoxy groups -OCH3 is 1. The van der Waals surface area contributed by atoms with Crippen LogP contribution in [-0.4, -0.2) is 59.8 Å². The van der Waals surface area contributed by atoms with Crippen LogP contribution in [0.2, 0.25) is 0 Å². The smallest absolute Gasteiger partial charge is 0.242 e. The Labute approximate surface area is 159 Å². The number of carbonyl (C=O) groups is 3. The molecule has 0 spiro atoms. The van der Waals surface area contributed by atoms with E-state index in [1.807, 2.05) is 31.2 Å². The molecule has 1 aromatic carbocycles. The third-order valence-electron chi connectivity index (χ3n) is 5.41. The molecule has 1 aromatic rings. The second kappa shape index (κ2) is 7.98. The first-order valence-corrected chi connectivity index (χ1v) is 9.38. The number of nitrogens with zero attached hydrogens (tertiary/aromatic N) is 2. The number of hydrogen-bond donors (Lipinski definition) is 1. The molecule has 2 saturated heterocycles. The number of rotatable bonds is 6. The molecule has 0 bridgehead atoms. The molecule has 1 N–H and O–H groups in total. The van der Waals surface area contributed by atoms with Crippen molar-refractivity contribution in [3.63, 3.8) is 0 Å². The number of ether oxygens (including phenoxy) is 1. The van der Waals surface area contributed by atoms with Crippen molar-refractivity contribution in [2.75, 3.05) is 26.7 Å². The lowest BCUT2D eigenvalue weighted by Crippen LogP contribution is -2.52. The normalized spacial score (nSPS) is 22.7. The number of carbonyl (C=O) groups excluding carboxylic acids is 3. The van der Waals surface area contributed by atoms with Crippen LogP contribution in [0.5, 0.6) is 5.75 Å². The molecule has 2 heterocycles.